The van der Waals surface area contributed by atoms with Gasteiger partial charge in [-0.05, 0) is 13.0 Å². The van der Waals surface area contributed by atoms with Crippen LogP contribution in [0.15, 0.2) is 12.5 Å². The van der Waals surface area contributed by atoms with Crippen molar-refractivity contribution in [2.45, 2.75) is 32.9 Å². The molecule has 0 N–H and O–H groups in total. The van der Waals surface area contributed by atoms with E-state index in [1.54, 1.807) is 6.33 Å². The minimum atomic E-state index is 1.01. The molecule has 1 aliphatic heterocycles. The van der Waals surface area contributed by atoms with Crippen LogP contribution in [0.25, 0.3) is 0 Å². The minimum Gasteiger partial charge on any atom is -0.293 e. The van der Waals surface area contributed by atoms with Gasteiger partial charge in [-0.3, -0.25) is 4.90 Å². The molecule has 0 bridgehead atoms. The van der Waals surface area contributed by atoms with Gasteiger partial charge in [0.15, 0.2) is 0 Å². The lowest BCUT2D eigenvalue weighted by atomic mass is 10.3. The van der Waals surface area contributed by atoms with Gasteiger partial charge in [0.05, 0.1) is 5.69 Å². The van der Waals surface area contributed by atoms with Crippen LogP contribution in [0.4, 0.5) is 0 Å². The van der Waals surface area contributed by atoms with E-state index in [9.17, 15) is 0 Å². The van der Waals surface area contributed by atoms with Gasteiger partial charge in [-0.1, -0.05) is 13.3 Å². The summed E-state index contributed by atoms with van der Waals surface area (Å²) in [6.07, 6.45) is 6.12. The number of unbranched alkanes of at least 4 members (excludes halogenated alkanes) is 1. The van der Waals surface area contributed by atoms with Gasteiger partial charge in [-0.2, -0.15) is 0 Å². The average molecular weight is 177 g/mol. The first-order chi connectivity index (χ1) is 6.40. The van der Waals surface area contributed by atoms with Crippen LogP contribution in [0, 0.1) is 0 Å². The highest BCUT2D eigenvalue weighted by Gasteiger charge is 2.18. The van der Waals surface area contributed by atoms with Crippen LogP contribution >= 0.6 is 0 Å². The zero-order valence-electron chi connectivity index (χ0n) is 8.03. The predicted octanol–water partition coefficient (Wildman–Crippen LogP) is 1.59. The van der Waals surface area contributed by atoms with Crippen LogP contribution in [-0.2, 0) is 13.1 Å². The molecule has 0 spiro atoms. The molecule has 0 aromatic carbocycles. The van der Waals surface area contributed by atoms with E-state index in [1.165, 1.54) is 30.6 Å². The summed E-state index contributed by atoms with van der Waals surface area (Å²) in [5.41, 5.74) is 2.52. The molecule has 3 heteroatoms. The molecule has 2 heterocycles. The Balaban J connectivity index is 1.97. The van der Waals surface area contributed by atoms with Crippen molar-refractivity contribution in [2.24, 2.45) is 0 Å². The van der Waals surface area contributed by atoms with E-state index in [4.69, 9.17) is 0 Å². The van der Waals surface area contributed by atoms with Crippen molar-refractivity contribution >= 4 is 0 Å². The smallest absolute Gasteiger partial charge is 0.115 e. The molecule has 13 heavy (non-hydrogen) atoms. The van der Waals surface area contributed by atoms with Crippen LogP contribution in [0.2, 0.25) is 0 Å². The van der Waals surface area contributed by atoms with E-state index >= 15 is 0 Å². The Hall–Kier alpha value is -0.960. The molecule has 0 fully saturated rings. The third kappa shape index (κ3) is 1.86. The first-order valence-corrected chi connectivity index (χ1v) is 4.90. The number of hydrogen-bond donors (Lipinski definition) is 0. The van der Waals surface area contributed by atoms with Crippen LogP contribution in [0.5, 0.6) is 0 Å². The van der Waals surface area contributed by atoms with Gasteiger partial charge in [0.1, 0.15) is 6.33 Å². The summed E-state index contributed by atoms with van der Waals surface area (Å²) in [5.74, 6) is 0. The molecule has 1 aromatic rings. The number of rotatable bonds is 3. The lowest BCUT2D eigenvalue weighted by molar-refractivity contribution is 0.278. The second-order valence-corrected chi connectivity index (χ2v) is 3.56. The van der Waals surface area contributed by atoms with Crippen molar-refractivity contribution < 1.29 is 0 Å². The summed E-state index contributed by atoms with van der Waals surface area (Å²) >= 11 is 0. The van der Waals surface area contributed by atoms with Crippen molar-refractivity contribution in [3.8, 4) is 0 Å². The summed E-state index contributed by atoms with van der Waals surface area (Å²) in [7, 11) is 0. The first-order valence-electron chi connectivity index (χ1n) is 4.90. The van der Waals surface area contributed by atoms with Crippen LogP contribution < -0.4 is 0 Å². The van der Waals surface area contributed by atoms with Gasteiger partial charge in [-0.15, -0.1) is 0 Å². The molecule has 3 nitrogen and oxygen atoms in total. The van der Waals surface area contributed by atoms with Crippen molar-refractivity contribution in [3.63, 3.8) is 0 Å². The van der Waals surface area contributed by atoms with Gasteiger partial charge >= 0.3 is 0 Å². The molecule has 0 unspecified atom stereocenters. The third-order valence-corrected chi connectivity index (χ3v) is 2.48. The van der Waals surface area contributed by atoms with E-state index < -0.39 is 0 Å². The second kappa shape index (κ2) is 3.83. The molecule has 1 aromatic heterocycles. The molecule has 0 aliphatic carbocycles. The molecular weight excluding hydrogens is 162 g/mol. The van der Waals surface area contributed by atoms with E-state index in [1.807, 2.05) is 6.20 Å². The second-order valence-electron chi connectivity index (χ2n) is 3.56. The Morgan fingerprint density at radius 2 is 2.38 bits per heavy atom. The van der Waals surface area contributed by atoms with E-state index in [2.05, 4.69) is 21.8 Å². The fraction of sp³-hybridized carbons (Fsp3) is 0.600. The summed E-state index contributed by atoms with van der Waals surface area (Å²) in [6.45, 7) is 5.46. The van der Waals surface area contributed by atoms with E-state index in [0.29, 0.717) is 0 Å². The Bertz CT molecular complexity index is 260. The fourth-order valence-corrected chi connectivity index (χ4v) is 1.71. The van der Waals surface area contributed by atoms with Crippen molar-refractivity contribution in [1.29, 1.82) is 0 Å². The lowest BCUT2D eigenvalue weighted by Crippen LogP contribution is -2.17. The van der Waals surface area contributed by atoms with Crippen molar-refractivity contribution in [3.05, 3.63) is 23.8 Å². The standard InChI is InChI=1S/C10H15N3/c1-2-3-4-13-6-9-5-11-8-12-10(9)7-13/h5,8H,2-4,6-7H2,1H3. The molecule has 0 saturated carbocycles. The largest absolute Gasteiger partial charge is 0.293 e. The number of nitrogens with zero attached hydrogens (tertiary/aromatic N) is 3. The maximum atomic E-state index is 4.26. The number of fused-ring (bicyclic) bond motifs is 1. The first kappa shape index (κ1) is 8.63. The zero-order chi connectivity index (χ0) is 9.10. The molecule has 0 amide bonds. The highest BCUT2D eigenvalue weighted by Crippen LogP contribution is 2.19. The molecule has 0 radical (unpaired) electrons. The van der Waals surface area contributed by atoms with Gasteiger partial charge in [-0.25, -0.2) is 9.97 Å². The van der Waals surface area contributed by atoms with Crippen LogP contribution in [0.1, 0.15) is 31.0 Å². The Morgan fingerprint density at radius 3 is 3.15 bits per heavy atom. The molecule has 2 rings (SSSR count). The van der Waals surface area contributed by atoms with Crippen molar-refractivity contribution in [1.82, 2.24) is 14.9 Å². The average Bonchev–Trinajstić information content (AvgIpc) is 2.57. The molecule has 0 saturated heterocycles. The normalized spacial score (nSPS) is 16.1. The Kier molecular flexibility index (Phi) is 2.54. The highest BCUT2D eigenvalue weighted by atomic mass is 15.2. The van der Waals surface area contributed by atoms with Crippen molar-refractivity contribution in [2.75, 3.05) is 6.54 Å². The molecule has 0 atom stereocenters. The number of hydrogen-bond acceptors (Lipinski definition) is 3. The maximum absolute atomic E-state index is 4.26. The monoisotopic (exact) mass is 177 g/mol. The molecule has 1 aliphatic rings. The number of aromatic nitrogens is 2. The topological polar surface area (TPSA) is 29.0 Å². The SMILES string of the molecule is CCCCN1Cc2cncnc2C1. The van der Waals surface area contributed by atoms with Gasteiger partial charge in [0, 0.05) is 24.8 Å². The van der Waals surface area contributed by atoms with Crippen LogP contribution in [-0.4, -0.2) is 21.4 Å². The lowest BCUT2D eigenvalue weighted by Gasteiger charge is -2.12. The van der Waals surface area contributed by atoms with E-state index in [-0.39, 0.29) is 0 Å². The van der Waals surface area contributed by atoms with Crippen LogP contribution in [0.3, 0.4) is 0 Å². The van der Waals surface area contributed by atoms with Gasteiger partial charge in [0.25, 0.3) is 0 Å². The summed E-state index contributed by atoms with van der Waals surface area (Å²) in [5, 5.41) is 0. The van der Waals surface area contributed by atoms with Gasteiger partial charge < -0.3 is 0 Å². The maximum Gasteiger partial charge on any atom is 0.115 e. The molecule has 70 valence electrons. The molecular formula is C10H15N3. The fourth-order valence-electron chi connectivity index (χ4n) is 1.71. The summed E-state index contributed by atoms with van der Waals surface area (Å²) < 4.78 is 0. The predicted molar refractivity (Wildman–Crippen MR) is 51.1 cm³/mol. The summed E-state index contributed by atoms with van der Waals surface area (Å²) in [6, 6.07) is 0. The Morgan fingerprint density at radius 1 is 1.46 bits per heavy atom. The Labute approximate surface area is 78.8 Å². The zero-order valence-corrected chi connectivity index (χ0v) is 8.03. The van der Waals surface area contributed by atoms with E-state index in [0.717, 1.165) is 13.1 Å². The third-order valence-electron chi connectivity index (χ3n) is 2.48. The summed E-state index contributed by atoms with van der Waals surface area (Å²) in [4.78, 5) is 10.7. The highest BCUT2D eigenvalue weighted by molar-refractivity contribution is 5.19. The minimum absolute atomic E-state index is 1.01. The quantitative estimate of drug-likeness (QED) is 0.702. The van der Waals surface area contributed by atoms with Gasteiger partial charge in [0.2, 0.25) is 0 Å².